The molecular weight excluding hydrogens is 270 g/mol. The summed E-state index contributed by atoms with van der Waals surface area (Å²) in [6.45, 7) is 3.67. The fourth-order valence-electron chi connectivity index (χ4n) is 2.26. The Hall–Kier alpha value is -2.94. The molecule has 0 amide bonds. The third-order valence-corrected chi connectivity index (χ3v) is 3.29. The van der Waals surface area contributed by atoms with E-state index in [0.29, 0.717) is 0 Å². The minimum Gasteiger partial charge on any atom is -0.342 e. The predicted octanol–water partition coefficient (Wildman–Crippen LogP) is 4.53. The van der Waals surface area contributed by atoms with Crippen LogP contribution in [0.15, 0.2) is 79.5 Å². The van der Waals surface area contributed by atoms with Crippen LogP contribution in [0.4, 0.5) is 0 Å². The van der Waals surface area contributed by atoms with Crippen molar-refractivity contribution in [1.82, 2.24) is 15.0 Å². The largest absolute Gasteiger partial charge is 0.342 e. The van der Waals surface area contributed by atoms with Gasteiger partial charge in [0, 0.05) is 18.0 Å². The first kappa shape index (κ1) is 14.0. The Morgan fingerprint density at radius 2 is 1.64 bits per heavy atom. The van der Waals surface area contributed by atoms with Gasteiger partial charge in [-0.15, -0.1) is 6.58 Å². The van der Waals surface area contributed by atoms with Crippen LogP contribution in [-0.2, 0) is 6.42 Å². The molecule has 4 rings (SSSR count). The fourth-order valence-corrected chi connectivity index (χ4v) is 2.26. The van der Waals surface area contributed by atoms with Crippen molar-refractivity contribution in [2.75, 3.05) is 0 Å². The second-order valence-electron chi connectivity index (χ2n) is 4.89. The van der Waals surface area contributed by atoms with Gasteiger partial charge in [-0.2, -0.15) is 0 Å². The number of H-pyrrole nitrogens is 1. The van der Waals surface area contributed by atoms with Crippen LogP contribution in [0.5, 0.6) is 0 Å². The molecule has 0 atom stereocenters. The number of aromatic amines is 1. The molecule has 0 aliphatic carbocycles. The highest BCUT2D eigenvalue weighted by atomic mass is 14.9. The average Bonchev–Trinajstić information content (AvgIpc) is 2.98. The van der Waals surface area contributed by atoms with Crippen molar-refractivity contribution in [3.63, 3.8) is 0 Å². The number of rotatable bonds is 2. The summed E-state index contributed by atoms with van der Waals surface area (Å²) >= 11 is 0. The van der Waals surface area contributed by atoms with Gasteiger partial charge in [0.15, 0.2) is 0 Å². The molecule has 2 aromatic carbocycles. The first-order valence-corrected chi connectivity index (χ1v) is 7.21. The molecule has 0 bridgehead atoms. The Morgan fingerprint density at radius 3 is 2.41 bits per heavy atom. The number of nitrogens with one attached hydrogen (secondary N) is 1. The molecule has 0 aliphatic heterocycles. The molecule has 0 fully saturated rings. The van der Waals surface area contributed by atoms with Crippen molar-refractivity contribution in [2.24, 2.45) is 0 Å². The van der Waals surface area contributed by atoms with Gasteiger partial charge in [-0.3, -0.25) is 4.98 Å². The minimum absolute atomic E-state index is 0.800. The van der Waals surface area contributed by atoms with Crippen molar-refractivity contribution in [3.05, 3.63) is 85.3 Å². The van der Waals surface area contributed by atoms with E-state index in [-0.39, 0.29) is 0 Å². The number of aromatic nitrogens is 3. The van der Waals surface area contributed by atoms with Crippen LogP contribution in [0.2, 0.25) is 0 Å². The van der Waals surface area contributed by atoms with Crippen molar-refractivity contribution in [2.45, 2.75) is 6.42 Å². The number of allylic oxidation sites excluding steroid dienone is 1. The molecule has 0 spiro atoms. The molecular formula is C19H17N3. The third-order valence-electron chi connectivity index (χ3n) is 3.29. The zero-order valence-corrected chi connectivity index (χ0v) is 12.2. The molecule has 0 radical (unpaired) electrons. The normalized spacial score (nSPS) is 10.2. The molecule has 22 heavy (non-hydrogen) atoms. The van der Waals surface area contributed by atoms with Gasteiger partial charge >= 0.3 is 0 Å². The zero-order chi connectivity index (χ0) is 15.2. The highest BCUT2D eigenvalue weighted by Gasteiger charge is 1.98. The van der Waals surface area contributed by atoms with Crippen molar-refractivity contribution in [1.29, 1.82) is 0 Å². The van der Waals surface area contributed by atoms with E-state index in [1.807, 2.05) is 60.8 Å². The number of fused-ring (bicyclic) bond motifs is 2. The summed E-state index contributed by atoms with van der Waals surface area (Å²) in [5, 5.41) is 1.20. The molecule has 3 nitrogen and oxygen atoms in total. The molecule has 0 saturated carbocycles. The number of para-hydroxylation sites is 3. The highest BCUT2D eigenvalue weighted by molar-refractivity contribution is 5.77. The van der Waals surface area contributed by atoms with Crippen LogP contribution in [0, 0.1) is 0 Å². The Bertz CT molecular complexity index is 795. The van der Waals surface area contributed by atoms with Gasteiger partial charge in [0.25, 0.3) is 0 Å². The summed E-state index contributed by atoms with van der Waals surface area (Å²) in [4.78, 5) is 11.8. The summed E-state index contributed by atoms with van der Waals surface area (Å²) in [5.41, 5.74) is 3.17. The lowest BCUT2D eigenvalue weighted by atomic mass is 10.2. The number of benzene rings is 2. The minimum atomic E-state index is 0.800. The first-order chi connectivity index (χ1) is 10.9. The van der Waals surface area contributed by atoms with Gasteiger partial charge in [0.2, 0.25) is 0 Å². The first-order valence-electron chi connectivity index (χ1n) is 7.21. The predicted molar refractivity (Wildman–Crippen MR) is 91.7 cm³/mol. The van der Waals surface area contributed by atoms with Crippen LogP contribution in [0.1, 0.15) is 5.82 Å². The second-order valence-corrected chi connectivity index (χ2v) is 4.89. The maximum absolute atomic E-state index is 4.38. The van der Waals surface area contributed by atoms with E-state index in [1.165, 1.54) is 5.39 Å². The Balaban J connectivity index is 0.000000133. The van der Waals surface area contributed by atoms with Crippen molar-refractivity contribution in [3.8, 4) is 0 Å². The van der Waals surface area contributed by atoms with Crippen molar-refractivity contribution < 1.29 is 0 Å². The standard InChI is InChI=1S/C10H10N2.C9H7N/c1-2-5-10-11-8-6-3-4-7-9(8)12-10;1-2-6-9-8(4-1)5-3-7-10-9/h2-4,6-7H,1,5H2,(H,11,12);1-7H. The lowest BCUT2D eigenvalue weighted by molar-refractivity contribution is 1.07. The van der Waals surface area contributed by atoms with E-state index in [0.717, 1.165) is 28.8 Å². The summed E-state index contributed by atoms with van der Waals surface area (Å²) in [6, 6.07) is 20.1. The molecule has 2 heterocycles. The summed E-state index contributed by atoms with van der Waals surface area (Å²) in [7, 11) is 0. The summed E-state index contributed by atoms with van der Waals surface area (Å²) < 4.78 is 0. The van der Waals surface area contributed by atoms with Gasteiger partial charge < -0.3 is 4.98 Å². The van der Waals surface area contributed by atoms with Crippen LogP contribution >= 0.6 is 0 Å². The maximum atomic E-state index is 4.38. The number of nitrogens with zero attached hydrogens (tertiary/aromatic N) is 2. The van der Waals surface area contributed by atoms with Gasteiger partial charge in [-0.1, -0.05) is 42.5 Å². The van der Waals surface area contributed by atoms with Crippen LogP contribution < -0.4 is 0 Å². The fraction of sp³-hybridized carbons (Fsp3) is 0.0526. The van der Waals surface area contributed by atoms with E-state index in [2.05, 4.69) is 33.7 Å². The molecule has 0 unspecified atom stereocenters. The molecule has 4 aromatic rings. The van der Waals surface area contributed by atoms with E-state index >= 15 is 0 Å². The number of hydrogen-bond donors (Lipinski definition) is 1. The highest BCUT2D eigenvalue weighted by Crippen LogP contribution is 2.10. The molecule has 108 valence electrons. The average molecular weight is 287 g/mol. The molecule has 1 N–H and O–H groups in total. The molecule has 3 heteroatoms. The third kappa shape index (κ3) is 3.20. The maximum Gasteiger partial charge on any atom is 0.111 e. The van der Waals surface area contributed by atoms with E-state index in [9.17, 15) is 0 Å². The SMILES string of the molecule is C=CCc1nc2ccccc2[nH]1.c1ccc2ncccc2c1. The lowest BCUT2D eigenvalue weighted by Gasteiger charge is -1.91. The van der Waals surface area contributed by atoms with E-state index < -0.39 is 0 Å². The van der Waals surface area contributed by atoms with Gasteiger partial charge in [0.1, 0.15) is 5.82 Å². The van der Waals surface area contributed by atoms with E-state index in [1.54, 1.807) is 0 Å². The van der Waals surface area contributed by atoms with Crippen molar-refractivity contribution >= 4 is 21.9 Å². The van der Waals surface area contributed by atoms with E-state index in [4.69, 9.17) is 0 Å². The topological polar surface area (TPSA) is 41.6 Å². The Labute approximate surface area is 129 Å². The number of pyridine rings is 1. The second kappa shape index (κ2) is 6.68. The zero-order valence-electron chi connectivity index (χ0n) is 12.2. The summed E-state index contributed by atoms with van der Waals surface area (Å²) in [6.07, 6.45) is 4.45. The van der Waals surface area contributed by atoms with Crippen LogP contribution in [0.25, 0.3) is 21.9 Å². The van der Waals surface area contributed by atoms with Gasteiger partial charge in [-0.25, -0.2) is 4.98 Å². The number of hydrogen-bond acceptors (Lipinski definition) is 2. The molecule has 0 saturated heterocycles. The monoisotopic (exact) mass is 287 g/mol. The Morgan fingerprint density at radius 1 is 0.909 bits per heavy atom. The van der Waals surface area contributed by atoms with Gasteiger partial charge in [0.05, 0.1) is 16.6 Å². The van der Waals surface area contributed by atoms with Gasteiger partial charge in [-0.05, 0) is 24.3 Å². The summed E-state index contributed by atoms with van der Waals surface area (Å²) in [5.74, 6) is 0.978. The molecule has 2 aromatic heterocycles. The quantitative estimate of drug-likeness (QED) is 0.550. The lowest BCUT2D eigenvalue weighted by Crippen LogP contribution is -1.81. The smallest absolute Gasteiger partial charge is 0.111 e. The van der Waals surface area contributed by atoms with Crippen LogP contribution in [-0.4, -0.2) is 15.0 Å². The molecule has 0 aliphatic rings. The van der Waals surface area contributed by atoms with Crippen LogP contribution in [0.3, 0.4) is 0 Å². The Kier molecular flexibility index (Phi) is 4.25. The number of imidazole rings is 1.